The first kappa shape index (κ1) is 14.5. The Morgan fingerprint density at radius 3 is 2.53 bits per heavy atom. The van der Waals surface area contributed by atoms with Gasteiger partial charge in [0.05, 0.1) is 0 Å². The van der Waals surface area contributed by atoms with Gasteiger partial charge in [0, 0.05) is 19.1 Å². The van der Waals surface area contributed by atoms with Crippen molar-refractivity contribution in [1.82, 2.24) is 10.2 Å². The second kappa shape index (κ2) is 7.01. The lowest BCUT2D eigenvalue weighted by atomic mass is 9.75. The predicted octanol–water partition coefficient (Wildman–Crippen LogP) is 3.00. The predicted molar refractivity (Wildman–Crippen MR) is 78.0 cm³/mol. The van der Waals surface area contributed by atoms with Gasteiger partial charge in [0.1, 0.15) is 5.82 Å². The largest absolute Gasteiger partial charge is 0.313 e. The monoisotopic (exact) mass is 264 g/mol. The maximum atomic E-state index is 13.6. The van der Waals surface area contributed by atoms with Crippen molar-refractivity contribution in [3.63, 3.8) is 0 Å². The smallest absolute Gasteiger partial charge is 0.126 e. The van der Waals surface area contributed by atoms with Gasteiger partial charge in [-0.3, -0.25) is 0 Å². The summed E-state index contributed by atoms with van der Waals surface area (Å²) >= 11 is 0. The molecule has 1 aliphatic rings. The molecule has 0 unspecified atom stereocenters. The minimum Gasteiger partial charge on any atom is -0.313 e. The lowest BCUT2D eigenvalue weighted by Crippen LogP contribution is -2.43. The summed E-state index contributed by atoms with van der Waals surface area (Å²) in [5, 5.41) is 3.57. The van der Waals surface area contributed by atoms with E-state index in [1.807, 2.05) is 12.1 Å². The molecule has 0 radical (unpaired) electrons. The first-order chi connectivity index (χ1) is 9.24. The standard InChI is InChI=1S/C16H25FN2/c1-3-19(4-2)10-9-18-14-11-13(12-14)15-7-5-6-8-16(15)17/h5-8,13-14,18H,3-4,9-12H2,1-2H3. The summed E-state index contributed by atoms with van der Waals surface area (Å²) < 4.78 is 13.6. The van der Waals surface area contributed by atoms with E-state index in [1.54, 1.807) is 12.1 Å². The quantitative estimate of drug-likeness (QED) is 0.814. The summed E-state index contributed by atoms with van der Waals surface area (Å²) in [4.78, 5) is 2.42. The summed E-state index contributed by atoms with van der Waals surface area (Å²) in [6, 6.07) is 7.75. The van der Waals surface area contributed by atoms with Gasteiger partial charge in [-0.1, -0.05) is 32.0 Å². The highest BCUT2D eigenvalue weighted by molar-refractivity contribution is 5.24. The van der Waals surface area contributed by atoms with Crippen LogP contribution in [0, 0.1) is 5.82 Å². The minimum atomic E-state index is -0.0471. The van der Waals surface area contributed by atoms with E-state index in [2.05, 4.69) is 24.1 Å². The summed E-state index contributed by atoms with van der Waals surface area (Å²) in [5.74, 6) is 0.362. The zero-order valence-corrected chi connectivity index (χ0v) is 12.0. The Kier molecular flexibility index (Phi) is 5.34. The maximum absolute atomic E-state index is 13.6. The van der Waals surface area contributed by atoms with E-state index in [0.717, 1.165) is 44.6 Å². The van der Waals surface area contributed by atoms with Crippen molar-refractivity contribution in [2.45, 2.75) is 38.6 Å². The van der Waals surface area contributed by atoms with Gasteiger partial charge in [-0.2, -0.15) is 0 Å². The molecule has 0 aliphatic heterocycles. The molecule has 0 bridgehead atoms. The van der Waals surface area contributed by atoms with Crippen LogP contribution < -0.4 is 5.32 Å². The number of likely N-dealkylation sites (N-methyl/N-ethyl adjacent to an activating group) is 1. The molecule has 2 nitrogen and oxygen atoms in total. The Hall–Kier alpha value is -0.930. The van der Waals surface area contributed by atoms with E-state index in [1.165, 1.54) is 0 Å². The number of benzene rings is 1. The van der Waals surface area contributed by atoms with Crippen molar-refractivity contribution >= 4 is 0 Å². The van der Waals surface area contributed by atoms with Crippen LogP contribution in [-0.2, 0) is 0 Å². The highest BCUT2D eigenvalue weighted by Gasteiger charge is 2.31. The van der Waals surface area contributed by atoms with Crippen molar-refractivity contribution in [2.75, 3.05) is 26.2 Å². The van der Waals surface area contributed by atoms with E-state index in [0.29, 0.717) is 12.0 Å². The number of nitrogens with one attached hydrogen (secondary N) is 1. The molecule has 1 aromatic carbocycles. The molecule has 0 atom stereocenters. The van der Waals surface area contributed by atoms with Gasteiger partial charge in [-0.05, 0) is 43.5 Å². The van der Waals surface area contributed by atoms with Crippen LogP contribution in [0.3, 0.4) is 0 Å². The fraction of sp³-hybridized carbons (Fsp3) is 0.625. The number of hydrogen-bond acceptors (Lipinski definition) is 2. The van der Waals surface area contributed by atoms with E-state index in [-0.39, 0.29) is 5.82 Å². The number of hydrogen-bond donors (Lipinski definition) is 1. The Bertz CT molecular complexity index is 384. The maximum Gasteiger partial charge on any atom is 0.126 e. The molecule has 3 heteroatoms. The van der Waals surface area contributed by atoms with Crippen molar-refractivity contribution in [2.24, 2.45) is 0 Å². The highest BCUT2D eigenvalue weighted by atomic mass is 19.1. The molecule has 1 saturated carbocycles. The van der Waals surface area contributed by atoms with Crippen LogP contribution in [0.25, 0.3) is 0 Å². The van der Waals surface area contributed by atoms with Crippen LogP contribution in [0.5, 0.6) is 0 Å². The van der Waals surface area contributed by atoms with Crippen LogP contribution in [0.15, 0.2) is 24.3 Å². The third kappa shape index (κ3) is 3.77. The molecule has 2 rings (SSSR count). The molecule has 1 fully saturated rings. The van der Waals surface area contributed by atoms with Gasteiger partial charge in [0.25, 0.3) is 0 Å². The normalized spacial score (nSPS) is 22.5. The van der Waals surface area contributed by atoms with Gasteiger partial charge >= 0.3 is 0 Å². The lowest BCUT2D eigenvalue weighted by molar-refractivity contribution is 0.253. The lowest BCUT2D eigenvalue weighted by Gasteiger charge is -2.37. The topological polar surface area (TPSA) is 15.3 Å². The summed E-state index contributed by atoms with van der Waals surface area (Å²) in [6.45, 7) is 8.76. The number of nitrogens with zero attached hydrogens (tertiary/aromatic N) is 1. The van der Waals surface area contributed by atoms with E-state index >= 15 is 0 Å². The Morgan fingerprint density at radius 1 is 1.21 bits per heavy atom. The van der Waals surface area contributed by atoms with Crippen molar-refractivity contribution < 1.29 is 4.39 Å². The number of rotatable bonds is 7. The fourth-order valence-electron chi connectivity index (χ4n) is 2.81. The molecular formula is C16H25FN2. The fourth-order valence-corrected chi connectivity index (χ4v) is 2.81. The molecule has 0 amide bonds. The second-order valence-corrected chi connectivity index (χ2v) is 5.37. The minimum absolute atomic E-state index is 0.0471. The van der Waals surface area contributed by atoms with Gasteiger partial charge in [-0.15, -0.1) is 0 Å². The van der Waals surface area contributed by atoms with Gasteiger partial charge < -0.3 is 10.2 Å². The molecule has 0 saturated heterocycles. The van der Waals surface area contributed by atoms with E-state index in [4.69, 9.17) is 0 Å². The zero-order valence-electron chi connectivity index (χ0n) is 12.0. The Balaban J connectivity index is 1.68. The number of halogens is 1. The van der Waals surface area contributed by atoms with Gasteiger partial charge in [0.2, 0.25) is 0 Å². The molecule has 106 valence electrons. The van der Waals surface area contributed by atoms with Crippen LogP contribution in [-0.4, -0.2) is 37.1 Å². The van der Waals surface area contributed by atoms with Crippen molar-refractivity contribution in [3.8, 4) is 0 Å². The molecule has 1 N–H and O–H groups in total. The van der Waals surface area contributed by atoms with Gasteiger partial charge in [0.15, 0.2) is 0 Å². The van der Waals surface area contributed by atoms with Crippen LogP contribution >= 0.6 is 0 Å². The SMILES string of the molecule is CCN(CC)CCNC1CC(c2ccccc2F)C1. The molecule has 19 heavy (non-hydrogen) atoms. The molecule has 0 spiro atoms. The molecule has 0 heterocycles. The van der Waals surface area contributed by atoms with Crippen LogP contribution in [0.4, 0.5) is 4.39 Å². The molecule has 1 aliphatic carbocycles. The highest BCUT2D eigenvalue weighted by Crippen LogP contribution is 2.37. The second-order valence-electron chi connectivity index (χ2n) is 5.37. The Labute approximate surface area is 116 Å². The van der Waals surface area contributed by atoms with Gasteiger partial charge in [-0.25, -0.2) is 4.39 Å². The zero-order chi connectivity index (χ0) is 13.7. The molecular weight excluding hydrogens is 239 g/mol. The van der Waals surface area contributed by atoms with Crippen molar-refractivity contribution in [3.05, 3.63) is 35.6 Å². The molecule has 1 aromatic rings. The van der Waals surface area contributed by atoms with E-state index in [9.17, 15) is 4.39 Å². The third-order valence-electron chi connectivity index (χ3n) is 4.24. The average Bonchev–Trinajstić information content (AvgIpc) is 2.38. The summed E-state index contributed by atoms with van der Waals surface area (Å²) in [6.07, 6.45) is 2.14. The average molecular weight is 264 g/mol. The third-order valence-corrected chi connectivity index (χ3v) is 4.24. The van der Waals surface area contributed by atoms with E-state index < -0.39 is 0 Å². The summed E-state index contributed by atoms with van der Waals surface area (Å²) in [7, 11) is 0. The molecule has 0 aromatic heterocycles. The first-order valence-corrected chi connectivity index (χ1v) is 7.44. The van der Waals surface area contributed by atoms with Crippen LogP contribution in [0.1, 0.15) is 38.2 Å². The Morgan fingerprint density at radius 2 is 1.89 bits per heavy atom. The van der Waals surface area contributed by atoms with Crippen molar-refractivity contribution in [1.29, 1.82) is 0 Å². The first-order valence-electron chi connectivity index (χ1n) is 7.44. The summed E-state index contributed by atoms with van der Waals surface area (Å²) in [5.41, 5.74) is 0.893. The van der Waals surface area contributed by atoms with Crippen LogP contribution in [0.2, 0.25) is 0 Å².